The Kier molecular flexibility index (Phi) is 3.21. The van der Waals surface area contributed by atoms with Crippen LogP contribution in [0.3, 0.4) is 0 Å². The van der Waals surface area contributed by atoms with E-state index in [0.717, 1.165) is 43.2 Å². The summed E-state index contributed by atoms with van der Waals surface area (Å²) in [4.78, 5) is 0. The number of nitrogens with two attached hydrogens (primary N) is 1. The zero-order chi connectivity index (χ0) is 12.4. The molecule has 18 heavy (non-hydrogen) atoms. The highest BCUT2D eigenvalue weighted by Crippen LogP contribution is 2.25. The van der Waals surface area contributed by atoms with E-state index in [2.05, 4.69) is 15.3 Å². The van der Waals surface area contributed by atoms with Gasteiger partial charge < -0.3 is 10.5 Å². The Morgan fingerprint density at radius 1 is 1.28 bits per heavy atom. The number of hydrogen-bond acceptors (Lipinski definition) is 5. The van der Waals surface area contributed by atoms with Gasteiger partial charge in [0.15, 0.2) is 11.5 Å². The summed E-state index contributed by atoms with van der Waals surface area (Å²) in [6.45, 7) is 2.20. The average molecular weight is 247 g/mol. The molecule has 0 unspecified atom stereocenters. The number of rotatable bonds is 3. The van der Waals surface area contributed by atoms with Gasteiger partial charge in [-0.1, -0.05) is 0 Å². The fraction of sp³-hybridized carbons (Fsp3) is 0.583. The van der Waals surface area contributed by atoms with Gasteiger partial charge in [-0.25, -0.2) is 0 Å². The lowest BCUT2D eigenvalue weighted by Gasteiger charge is -2.21. The van der Waals surface area contributed by atoms with E-state index in [1.165, 1.54) is 0 Å². The van der Waals surface area contributed by atoms with Crippen LogP contribution < -0.4 is 5.73 Å². The number of nitrogens with zero attached hydrogens (tertiary/aromatic N) is 4. The highest BCUT2D eigenvalue weighted by molar-refractivity contribution is 5.36. The molecule has 1 fully saturated rings. The lowest BCUT2D eigenvalue weighted by molar-refractivity contribution is 0.0842. The maximum Gasteiger partial charge on any atom is 0.177 e. The minimum Gasteiger partial charge on any atom is -0.381 e. The van der Waals surface area contributed by atoms with Crippen LogP contribution in [0.2, 0.25) is 0 Å². The lowest BCUT2D eigenvalue weighted by atomic mass is 9.96. The Balaban J connectivity index is 1.95. The van der Waals surface area contributed by atoms with Crippen molar-refractivity contribution in [3.63, 3.8) is 0 Å². The van der Waals surface area contributed by atoms with Crippen LogP contribution >= 0.6 is 0 Å². The Hall–Kier alpha value is -1.53. The third-order valence-electron chi connectivity index (χ3n) is 3.36. The molecule has 0 spiro atoms. The van der Waals surface area contributed by atoms with E-state index >= 15 is 0 Å². The van der Waals surface area contributed by atoms with Gasteiger partial charge in [-0.3, -0.25) is 0 Å². The molecule has 3 rings (SSSR count). The summed E-state index contributed by atoms with van der Waals surface area (Å²) in [6, 6.07) is 4.02. The summed E-state index contributed by atoms with van der Waals surface area (Å²) in [6.07, 6.45) is 2.77. The summed E-state index contributed by atoms with van der Waals surface area (Å²) in [5, 5.41) is 12.9. The van der Waals surface area contributed by atoms with Crippen LogP contribution in [0, 0.1) is 0 Å². The molecule has 0 amide bonds. The molecule has 3 heterocycles. The minimum atomic E-state index is 0.483. The summed E-state index contributed by atoms with van der Waals surface area (Å²) in [7, 11) is 0. The van der Waals surface area contributed by atoms with Gasteiger partial charge in [0.25, 0.3) is 0 Å². The van der Waals surface area contributed by atoms with Crippen molar-refractivity contribution in [1.29, 1.82) is 0 Å². The van der Waals surface area contributed by atoms with Gasteiger partial charge in [0.05, 0.1) is 5.69 Å². The van der Waals surface area contributed by atoms with E-state index in [9.17, 15) is 0 Å². The zero-order valence-electron chi connectivity index (χ0n) is 10.2. The molecule has 1 aliphatic heterocycles. The predicted molar refractivity (Wildman–Crippen MR) is 66.3 cm³/mol. The fourth-order valence-electron chi connectivity index (χ4n) is 2.34. The maximum atomic E-state index is 5.57. The van der Waals surface area contributed by atoms with Crippen molar-refractivity contribution in [1.82, 2.24) is 19.8 Å². The smallest absolute Gasteiger partial charge is 0.177 e. The Morgan fingerprint density at radius 3 is 2.89 bits per heavy atom. The third kappa shape index (κ3) is 2.09. The fourth-order valence-corrected chi connectivity index (χ4v) is 2.34. The average Bonchev–Trinajstić information content (AvgIpc) is 2.83. The molecule has 0 atom stereocenters. The van der Waals surface area contributed by atoms with Crippen LogP contribution in [-0.4, -0.2) is 39.6 Å². The molecule has 2 aromatic rings. The quantitative estimate of drug-likeness (QED) is 0.855. The first-order chi connectivity index (χ1) is 8.88. The molecule has 6 nitrogen and oxygen atoms in total. The molecule has 6 heteroatoms. The second kappa shape index (κ2) is 4.99. The van der Waals surface area contributed by atoms with Crippen molar-refractivity contribution in [3.8, 4) is 0 Å². The number of ether oxygens (including phenoxy) is 1. The summed E-state index contributed by atoms with van der Waals surface area (Å²) in [5.41, 5.74) is 7.45. The predicted octanol–water partition coefficient (Wildman–Crippen LogP) is 0.519. The summed E-state index contributed by atoms with van der Waals surface area (Å²) >= 11 is 0. The first kappa shape index (κ1) is 11.6. The highest BCUT2D eigenvalue weighted by Gasteiger charge is 2.18. The largest absolute Gasteiger partial charge is 0.381 e. The topological polar surface area (TPSA) is 78.3 Å². The standard InChI is InChI=1S/C12H17N5O/c13-6-3-12-15-14-11-2-1-10(16-17(11)12)9-4-7-18-8-5-9/h1-2,9H,3-8,13H2. The molecule has 0 radical (unpaired) electrons. The van der Waals surface area contributed by atoms with E-state index in [-0.39, 0.29) is 0 Å². The highest BCUT2D eigenvalue weighted by atomic mass is 16.5. The van der Waals surface area contributed by atoms with Crippen molar-refractivity contribution >= 4 is 5.65 Å². The molecular weight excluding hydrogens is 230 g/mol. The van der Waals surface area contributed by atoms with Crippen molar-refractivity contribution in [3.05, 3.63) is 23.7 Å². The minimum absolute atomic E-state index is 0.483. The number of aromatic nitrogens is 4. The summed E-state index contributed by atoms with van der Waals surface area (Å²) in [5.74, 6) is 1.32. The second-order valence-corrected chi connectivity index (χ2v) is 4.57. The SMILES string of the molecule is NCCc1nnc2ccc(C3CCOCC3)nn12. The molecule has 0 bridgehead atoms. The molecular formula is C12H17N5O. The van der Waals surface area contributed by atoms with Gasteiger partial charge >= 0.3 is 0 Å². The molecule has 0 saturated carbocycles. The molecule has 1 saturated heterocycles. The molecule has 96 valence electrons. The zero-order valence-corrected chi connectivity index (χ0v) is 10.2. The molecule has 2 N–H and O–H groups in total. The lowest BCUT2D eigenvalue weighted by Crippen LogP contribution is -2.16. The molecule has 0 aromatic carbocycles. The van der Waals surface area contributed by atoms with E-state index in [1.807, 2.05) is 16.6 Å². The van der Waals surface area contributed by atoms with E-state index in [0.29, 0.717) is 18.9 Å². The van der Waals surface area contributed by atoms with Crippen molar-refractivity contribution in [2.24, 2.45) is 5.73 Å². The van der Waals surface area contributed by atoms with Crippen molar-refractivity contribution in [2.75, 3.05) is 19.8 Å². The third-order valence-corrected chi connectivity index (χ3v) is 3.36. The van der Waals surface area contributed by atoms with Gasteiger partial charge in [0.1, 0.15) is 0 Å². The normalized spacial score (nSPS) is 17.4. The van der Waals surface area contributed by atoms with Crippen LogP contribution in [0.25, 0.3) is 5.65 Å². The maximum absolute atomic E-state index is 5.57. The van der Waals surface area contributed by atoms with Gasteiger partial charge in [0.2, 0.25) is 0 Å². The van der Waals surface area contributed by atoms with Crippen LogP contribution in [0.4, 0.5) is 0 Å². The van der Waals surface area contributed by atoms with Crippen LogP contribution in [0.15, 0.2) is 12.1 Å². The Labute approximate surface area is 105 Å². The molecule has 0 aliphatic carbocycles. The summed E-state index contributed by atoms with van der Waals surface area (Å²) < 4.78 is 7.20. The van der Waals surface area contributed by atoms with Crippen LogP contribution in [0.5, 0.6) is 0 Å². The van der Waals surface area contributed by atoms with Gasteiger partial charge in [-0.15, -0.1) is 10.2 Å². The van der Waals surface area contributed by atoms with E-state index in [4.69, 9.17) is 10.5 Å². The first-order valence-corrected chi connectivity index (χ1v) is 6.37. The number of hydrogen-bond donors (Lipinski definition) is 1. The van der Waals surface area contributed by atoms with E-state index in [1.54, 1.807) is 0 Å². The van der Waals surface area contributed by atoms with Crippen molar-refractivity contribution in [2.45, 2.75) is 25.2 Å². The van der Waals surface area contributed by atoms with Gasteiger partial charge in [0, 0.05) is 25.6 Å². The van der Waals surface area contributed by atoms with Gasteiger partial charge in [-0.2, -0.15) is 9.61 Å². The number of fused-ring (bicyclic) bond motifs is 1. The first-order valence-electron chi connectivity index (χ1n) is 6.37. The van der Waals surface area contributed by atoms with Crippen LogP contribution in [0.1, 0.15) is 30.3 Å². The molecule has 1 aliphatic rings. The van der Waals surface area contributed by atoms with Crippen LogP contribution in [-0.2, 0) is 11.2 Å². The monoisotopic (exact) mass is 247 g/mol. The van der Waals surface area contributed by atoms with Gasteiger partial charge in [-0.05, 0) is 31.5 Å². The Morgan fingerprint density at radius 2 is 2.11 bits per heavy atom. The van der Waals surface area contributed by atoms with Crippen molar-refractivity contribution < 1.29 is 4.74 Å². The molecule has 2 aromatic heterocycles. The Bertz CT molecular complexity index is 532. The van der Waals surface area contributed by atoms with E-state index < -0.39 is 0 Å². The second-order valence-electron chi connectivity index (χ2n) is 4.57.